The van der Waals surface area contributed by atoms with E-state index in [1.54, 1.807) is 12.1 Å². The molecule has 0 saturated heterocycles. The van der Waals surface area contributed by atoms with Crippen LogP contribution in [0.4, 0.5) is 0 Å². The molecular formula is C18H15NO5. The van der Waals surface area contributed by atoms with Crippen molar-refractivity contribution in [3.05, 3.63) is 59.2 Å². The second-order valence-electron chi connectivity index (χ2n) is 4.76. The predicted molar refractivity (Wildman–Crippen MR) is 85.3 cm³/mol. The van der Waals surface area contributed by atoms with Crippen LogP contribution in [0.2, 0.25) is 0 Å². The summed E-state index contributed by atoms with van der Waals surface area (Å²) >= 11 is 0. The predicted octanol–water partition coefficient (Wildman–Crippen LogP) is 2.62. The summed E-state index contributed by atoms with van der Waals surface area (Å²) in [5.41, 5.74) is 1.06. The smallest absolute Gasteiger partial charge is 0.338 e. The SMILES string of the molecule is COc1ccc(C(=O)COC(=O)c2ccc(C#N)cc2)cc1OC. The molecule has 6 nitrogen and oxygen atoms in total. The van der Waals surface area contributed by atoms with Crippen LogP contribution < -0.4 is 9.47 Å². The third-order valence-corrected chi connectivity index (χ3v) is 3.29. The molecule has 0 heterocycles. The summed E-state index contributed by atoms with van der Waals surface area (Å²) < 4.78 is 15.2. The number of carbonyl (C=O) groups excluding carboxylic acids is 2. The van der Waals surface area contributed by atoms with E-state index in [0.29, 0.717) is 22.6 Å². The summed E-state index contributed by atoms with van der Waals surface area (Å²) in [5.74, 6) is -0.0725. The van der Waals surface area contributed by atoms with Gasteiger partial charge in [-0.1, -0.05) is 0 Å². The largest absolute Gasteiger partial charge is 0.493 e. The van der Waals surface area contributed by atoms with E-state index >= 15 is 0 Å². The number of hydrogen-bond acceptors (Lipinski definition) is 6. The number of Topliss-reactive ketones (excluding diaryl/α,β-unsaturated/α-hetero) is 1. The van der Waals surface area contributed by atoms with Gasteiger partial charge in [-0.05, 0) is 42.5 Å². The van der Waals surface area contributed by atoms with Crippen LogP contribution >= 0.6 is 0 Å². The molecule has 6 heteroatoms. The van der Waals surface area contributed by atoms with Gasteiger partial charge in [0.15, 0.2) is 23.9 Å². The molecule has 0 aliphatic carbocycles. The molecule has 0 saturated carbocycles. The average Bonchev–Trinajstić information content (AvgIpc) is 2.65. The number of hydrogen-bond donors (Lipinski definition) is 0. The molecule has 24 heavy (non-hydrogen) atoms. The second kappa shape index (κ2) is 7.79. The number of ketones is 1. The van der Waals surface area contributed by atoms with Crippen LogP contribution in [0.1, 0.15) is 26.3 Å². The molecule has 0 N–H and O–H groups in total. The average molecular weight is 325 g/mol. The molecule has 2 aromatic carbocycles. The number of nitriles is 1. The van der Waals surface area contributed by atoms with Crippen molar-refractivity contribution in [3.63, 3.8) is 0 Å². The van der Waals surface area contributed by atoms with E-state index in [9.17, 15) is 9.59 Å². The highest BCUT2D eigenvalue weighted by Gasteiger charge is 2.14. The molecule has 2 rings (SSSR count). The van der Waals surface area contributed by atoms with Crippen molar-refractivity contribution in [3.8, 4) is 17.6 Å². The normalized spacial score (nSPS) is 9.71. The zero-order valence-electron chi connectivity index (χ0n) is 13.2. The van der Waals surface area contributed by atoms with Gasteiger partial charge in [-0.2, -0.15) is 5.26 Å². The second-order valence-corrected chi connectivity index (χ2v) is 4.76. The van der Waals surface area contributed by atoms with E-state index in [-0.39, 0.29) is 11.3 Å². The molecule has 0 aromatic heterocycles. The van der Waals surface area contributed by atoms with Crippen LogP contribution in [0, 0.1) is 11.3 Å². The van der Waals surface area contributed by atoms with E-state index in [2.05, 4.69) is 0 Å². The number of carbonyl (C=O) groups is 2. The summed E-state index contributed by atoms with van der Waals surface area (Å²) in [7, 11) is 2.97. The Hall–Kier alpha value is -3.33. The van der Waals surface area contributed by atoms with Crippen LogP contribution in [0.25, 0.3) is 0 Å². The standard InChI is InChI=1S/C18H15NO5/c1-22-16-8-7-14(9-17(16)23-2)15(20)11-24-18(21)13-5-3-12(10-19)4-6-13/h3-9H,11H2,1-2H3. The van der Waals surface area contributed by atoms with Crippen LogP contribution in [-0.2, 0) is 4.74 Å². The van der Waals surface area contributed by atoms with Crippen LogP contribution in [0.15, 0.2) is 42.5 Å². The van der Waals surface area contributed by atoms with Crippen LogP contribution in [0.5, 0.6) is 11.5 Å². The fourth-order valence-corrected chi connectivity index (χ4v) is 1.99. The fraction of sp³-hybridized carbons (Fsp3) is 0.167. The van der Waals surface area contributed by atoms with E-state index < -0.39 is 12.6 Å². The molecule has 0 radical (unpaired) electrons. The fourth-order valence-electron chi connectivity index (χ4n) is 1.99. The number of benzene rings is 2. The number of methoxy groups -OCH3 is 2. The Morgan fingerprint density at radius 3 is 2.17 bits per heavy atom. The third kappa shape index (κ3) is 3.90. The van der Waals surface area contributed by atoms with Gasteiger partial charge < -0.3 is 14.2 Å². The first-order valence-corrected chi connectivity index (χ1v) is 7.01. The maximum atomic E-state index is 12.1. The van der Waals surface area contributed by atoms with Crippen LogP contribution in [0.3, 0.4) is 0 Å². The van der Waals surface area contributed by atoms with Gasteiger partial charge >= 0.3 is 5.97 Å². The first-order chi connectivity index (χ1) is 11.6. The summed E-state index contributed by atoms with van der Waals surface area (Å²) in [4.78, 5) is 24.0. The number of rotatable bonds is 6. The van der Waals surface area contributed by atoms with Crippen molar-refractivity contribution >= 4 is 11.8 Å². The molecular weight excluding hydrogens is 310 g/mol. The first kappa shape index (κ1) is 17.0. The lowest BCUT2D eigenvalue weighted by atomic mass is 10.1. The molecule has 0 aliphatic heterocycles. The van der Waals surface area contributed by atoms with Crippen molar-refractivity contribution in [1.29, 1.82) is 5.26 Å². The highest BCUT2D eigenvalue weighted by Crippen LogP contribution is 2.27. The number of ether oxygens (including phenoxy) is 3. The van der Waals surface area contributed by atoms with Crippen molar-refractivity contribution in [1.82, 2.24) is 0 Å². The first-order valence-electron chi connectivity index (χ1n) is 7.01. The summed E-state index contributed by atoms with van der Waals surface area (Å²) in [6, 6.07) is 12.6. The summed E-state index contributed by atoms with van der Waals surface area (Å²) in [6.07, 6.45) is 0. The van der Waals surface area contributed by atoms with Gasteiger partial charge in [0, 0.05) is 5.56 Å². The Bertz CT molecular complexity index is 790. The van der Waals surface area contributed by atoms with Crippen molar-refractivity contribution in [2.45, 2.75) is 0 Å². The molecule has 0 aliphatic rings. The van der Waals surface area contributed by atoms with Gasteiger partial charge in [-0.25, -0.2) is 4.79 Å². The van der Waals surface area contributed by atoms with Gasteiger partial charge in [0.05, 0.1) is 31.4 Å². The highest BCUT2D eigenvalue weighted by molar-refractivity contribution is 5.99. The Balaban J connectivity index is 2.02. The lowest BCUT2D eigenvalue weighted by molar-refractivity contribution is 0.0474. The molecule has 0 amide bonds. The van der Waals surface area contributed by atoms with Crippen molar-refractivity contribution < 1.29 is 23.8 Å². The molecule has 0 bridgehead atoms. The maximum Gasteiger partial charge on any atom is 0.338 e. The van der Waals surface area contributed by atoms with Gasteiger partial charge in [-0.15, -0.1) is 0 Å². The van der Waals surface area contributed by atoms with Gasteiger partial charge in [0.2, 0.25) is 0 Å². The Labute approximate surface area is 139 Å². The summed E-state index contributed by atoms with van der Waals surface area (Å²) in [5, 5.41) is 8.72. The molecule has 0 atom stereocenters. The molecule has 0 unspecified atom stereocenters. The van der Waals surface area contributed by atoms with E-state index in [0.717, 1.165) is 0 Å². The van der Waals surface area contributed by atoms with Gasteiger partial charge in [-0.3, -0.25) is 4.79 Å². The van der Waals surface area contributed by atoms with E-state index in [1.807, 2.05) is 6.07 Å². The quantitative estimate of drug-likeness (QED) is 0.599. The topological polar surface area (TPSA) is 85.6 Å². The van der Waals surface area contributed by atoms with Gasteiger partial charge in [0.1, 0.15) is 0 Å². The zero-order chi connectivity index (χ0) is 17.5. The summed E-state index contributed by atoms with van der Waals surface area (Å²) in [6.45, 7) is -0.395. The lowest BCUT2D eigenvalue weighted by Gasteiger charge is -2.09. The molecule has 0 spiro atoms. The third-order valence-electron chi connectivity index (χ3n) is 3.29. The zero-order valence-corrected chi connectivity index (χ0v) is 13.2. The lowest BCUT2D eigenvalue weighted by Crippen LogP contribution is -2.14. The number of nitrogens with zero attached hydrogens (tertiary/aromatic N) is 1. The highest BCUT2D eigenvalue weighted by atomic mass is 16.5. The Kier molecular flexibility index (Phi) is 5.53. The minimum Gasteiger partial charge on any atom is -0.493 e. The Morgan fingerprint density at radius 2 is 1.58 bits per heavy atom. The van der Waals surface area contributed by atoms with Crippen LogP contribution in [-0.4, -0.2) is 32.6 Å². The molecule has 0 fully saturated rings. The van der Waals surface area contributed by atoms with Crippen molar-refractivity contribution in [2.24, 2.45) is 0 Å². The van der Waals surface area contributed by atoms with E-state index in [4.69, 9.17) is 19.5 Å². The Morgan fingerprint density at radius 1 is 0.958 bits per heavy atom. The molecule has 122 valence electrons. The maximum absolute atomic E-state index is 12.1. The molecule has 2 aromatic rings. The van der Waals surface area contributed by atoms with Crippen molar-refractivity contribution in [2.75, 3.05) is 20.8 Å². The minimum absolute atomic E-state index is 0.272. The monoisotopic (exact) mass is 325 g/mol. The number of esters is 1. The van der Waals surface area contributed by atoms with E-state index in [1.165, 1.54) is 44.6 Å². The van der Waals surface area contributed by atoms with Gasteiger partial charge in [0.25, 0.3) is 0 Å². The minimum atomic E-state index is -0.631.